The van der Waals surface area contributed by atoms with Gasteiger partial charge in [-0.2, -0.15) is 0 Å². The van der Waals surface area contributed by atoms with E-state index < -0.39 is 83.3 Å². The summed E-state index contributed by atoms with van der Waals surface area (Å²) in [7, 11) is 2.32. The highest BCUT2D eigenvalue weighted by molar-refractivity contribution is 6.25. The van der Waals surface area contributed by atoms with Crippen LogP contribution in [0.4, 0.5) is 10.5 Å². The first kappa shape index (κ1) is 51.1. The van der Waals surface area contributed by atoms with Gasteiger partial charge < -0.3 is 34.3 Å². The van der Waals surface area contributed by atoms with Crippen molar-refractivity contribution in [1.82, 2.24) is 15.1 Å². The zero-order valence-corrected chi connectivity index (χ0v) is 41.7. The Morgan fingerprint density at radius 2 is 1.38 bits per heavy atom. The second-order valence-corrected chi connectivity index (χ2v) is 19.0. The Bertz CT molecular complexity index is 2920. The van der Waals surface area contributed by atoms with Crippen LogP contribution in [-0.2, 0) is 43.6 Å². The summed E-state index contributed by atoms with van der Waals surface area (Å²) in [5, 5.41) is 13.3. The summed E-state index contributed by atoms with van der Waals surface area (Å²) in [6.07, 6.45) is 2.93. The van der Waals surface area contributed by atoms with Gasteiger partial charge in [-0.05, 0) is 66.3 Å². The number of esters is 3. The number of morpholine rings is 1. The number of carbonyl (C=O) groups excluding carboxylic acids is 6. The molecule has 7 atom stereocenters. The largest absolute Gasteiger partial charge is 0.491 e. The first-order valence-corrected chi connectivity index (χ1v) is 25.2. The van der Waals surface area contributed by atoms with E-state index >= 15 is 19.2 Å². The van der Waals surface area contributed by atoms with Crippen LogP contribution in [0.5, 0.6) is 5.75 Å². The number of methoxy groups -OCH3 is 2. The van der Waals surface area contributed by atoms with E-state index in [0.29, 0.717) is 42.6 Å². The highest BCUT2D eigenvalue weighted by Crippen LogP contribution is 2.67. The summed E-state index contributed by atoms with van der Waals surface area (Å²) in [5.74, 6) is -0.156. The normalized spacial score (nSPS) is 22.8. The highest BCUT2D eigenvalue weighted by Gasteiger charge is 2.76. The van der Waals surface area contributed by atoms with E-state index in [9.17, 15) is 14.7 Å². The third kappa shape index (κ3) is 9.51. The van der Waals surface area contributed by atoms with Crippen LogP contribution in [-0.4, -0.2) is 97.2 Å². The molecule has 74 heavy (non-hydrogen) atoms. The zero-order valence-electron chi connectivity index (χ0n) is 41.7. The molecule has 0 aromatic heterocycles. The minimum atomic E-state index is -2.11. The smallest absolute Gasteiger partial charge is 0.329 e. The van der Waals surface area contributed by atoms with Crippen molar-refractivity contribution in [3.8, 4) is 17.6 Å². The summed E-state index contributed by atoms with van der Waals surface area (Å²) < 4.78 is 22.8. The Morgan fingerprint density at radius 1 is 0.770 bits per heavy atom. The molecule has 15 nitrogen and oxygen atoms in total. The Balaban J connectivity index is 1.36. The van der Waals surface area contributed by atoms with E-state index in [4.69, 9.17) is 18.9 Å². The van der Waals surface area contributed by atoms with Gasteiger partial charge in [-0.15, -0.1) is 0 Å². The number of ether oxygens (including phenoxy) is 4. The number of benzene rings is 5. The van der Waals surface area contributed by atoms with E-state index in [1.807, 2.05) is 103 Å². The van der Waals surface area contributed by atoms with Gasteiger partial charge in [-0.25, -0.2) is 9.69 Å². The van der Waals surface area contributed by atoms with Crippen molar-refractivity contribution in [3.63, 3.8) is 0 Å². The molecule has 382 valence electrons. The summed E-state index contributed by atoms with van der Waals surface area (Å²) >= 11 is 0. The van der Waals surface area contributed by atoms with Gasteiger partial charge in [0.25, 0.3) is 0 Å². The fourth-order valence-electron chi connectivity index (χ4n) is 11.5. The molecule has 0 saturated carbocycles. The van der Waals surface area contributed by atoms with Crippen molar-refractivity contribution in [2.45, 2.75) is 81.1 Å². The number of imide groups is 1. The second-order valence-electron chi connectivity index (χ2n) is 19.0. The number of nitrogens with one attached hydrogen (secondary N) is 1. The molecule has 4 aliphatic rings. The molecule has 4 heterocycles. The molecule has 15 heteroatoms. The Kier molecular flexibility index (Phi) is 15.6. The van der Waals surface area contributed by atoms with Crippen molar-refractivity contribution < 1.29 is 52.8 Å². The number of hydrogen-bond donors (Lipinski definition) is 2. The fourth-order valence-corrected chi connectivity index (χ4v) is 11.5. The van der Waals surface area contributed by atoms with Crippen molar-refractivity contribution >= 4 is 41.4 Å². The number of amides is 4. The number of aliphatic hydroxyl groups is 1. The Labute approximate surface area is 430 Å². The molecule has 0 radical (unpaired) electrons. The molecule has 1 spiro atoms. The van der Waals surface area contributed by atoms with E-state index in [2.05, 4.69) is 17.2 Å². The molecule has 4 amide bonds. The van der Waals surface area contributed by atoms with E-state index in [1.165, 1.54) is 0 Å². The zero-order chi connectivity index (χ0) is 51.9. The maximum absolute atomic E-state index is 16.9. The molecule has 0 bridgehead atoms. The molecule has 5 aromatic carbocycles. The first-order valence-electron chi connectivity index (χ1n) is 25.2. The van der Waals surface area contributed by atoms with Crippen LogP contribution in [0.15, 0.2) is 133 Å². The Hall–Kier alpha value is -7.80. The number of urea groups is 1. The molecule has 7 unspecified atom stereocenters. The van der Waals surface area contributed by atoms with Crippen molar-refractivity contribution in [2.24, 2.45) is 11.8 Å². The van der Waals surface area contributed by atoms with Crippen molar-refractivity contribution in [1.29, 1.82) is 0 Å². The maximum atomic E-state index is 16.9. The first-order chi connectivity index (χ1) is 36.0. The van der Waals surface area contributed by atoms with Gasteiger partial charge in [0, 0.05) is 30.6 Å². The average Bonchev–Trinajstić information content (AvgIpc) is 3.95. The number of rotatable bonds is 12. The number of cyclic esters (lactones) is 1. The lowest BCUT2D eigenvalue weighted by Gasteiger charge is -2.46. The lowest BCUT2D eigenvalue weighted by atomic mass is 9.64. The maximum Gasteiger partial charge on any atom is 0.329 e. The van der Waals surface area contributed by atoms with Crippen LogP contribution in [0, 0.1) is 23.7 Å². The van der Waals surface area contributed by atoms with Crippen molar-refractivity contribution in [2.75, 3.05) is 45.4 Å². The summed E-state index contributed by atoms with van der Waals surface area (Å²) in [6.45, 7) is 2.09. The summed E-state index contributed by atoms with van der Waals surface area (Å²) in [6, 6.07) is 35.3. The van der Waals surface area contributed by atoms with Crippen LogP contribution in [0.25, 0.3) is 0 Å². The van der Waals surface area contributed by atoms with Gasteiger partial charge in [0.2, 0.25) is 11.8 Å². The fraction of sp³-hybridized carbons (Fsp3) is 0.356. The van der Waals surface area contributed by atoms with Crippen LogP contribution in [0.3, 0.4) is 0 Å². The Morgan fingerprint density at radius 3 is 2.03 bits per heavy atom. The van der Waals surface area contributed by atoms with Gasteiger partial charge in [-0.1, -0.05) is 140 Å². The highest BCUT2D eigenvalue weighted by atomic mass is 16.6. The third-order valence-electron chi connectivity index (χ3n) is 14.8. The minimum absolute atomic E-state index is 0.124. The van der Waals surface area contributed by atoms with Crippen LogP contribution in [0.2, 0.25) is 0 Å². The number of fused-ring (bicyclic) bond motifs is 3. The monoisotopic (exact) mass is 1000 g/mol. The van der Waals surface area contributed by atoms with Gasteiger partial charge >= 0.3 is 23.9 Å². The lowest BCUT2D eigenvalue weighted by Crippen LogP contribution is -2.57. The molecule has 3 fully saturated rings. The summed E-state index contributed by atoms with van der Waals surface area (Å²) in [5.41, 5.74) is 1.22. The summed E-state index contributed by atoms with van der Waals surface area (Å²) in [4.78, 5) is 94.6. The topological polar surface area (TPSA) is 181 Å². The molecule has 5 aromatic rings. The molecular weight excluding hydrogens is 941 g/mol. The molecule has 2 N–H and O–H groups in total. The quantitative estimate of drug-likeness (QED) is 0.0539. The van der Waals surface area contributed by atoms with Crippen LogP contribution < -0.4 is 15.0 Å². The van der Waals surface area contributed by atoms with Crippen LogP contribution >= 0.6 is 0 Å². The predicted octanol–water partition coefficient (Wildman–Crippen LogP) is 7.69. The average molecular weight is 1000 g/mol. The molecule has 0 aliphatic carbocycles. The second kappa shape index (κ2) is 22.5. The molecule has 3 saturated heterocycles. The number of carbonyl (C=O) groups is 6. The van der Waals surface area contributed by atoms with Crippen molar-refractivity contribution in [3.05, 3.63) is 167 Å². The number of aliphatic hydroxyl groups excluding tert-OH is 1. The standard InChI is InChI=1S/C59H60N4O11/c1-38(40-22-10-7-11-23-40)60-58(70)62-46-32-31-39(21-20-29-44(54(66)71-2)55(67)72-3)37-45(46)59(57(62)69)48(53(65)61-33-18-5-4-6-19-34-61)50-56(68)74-51(42-26-14-9-15-27-42)49(41-24-12-8-13-25-41)63(50)52(59)43-28-16-17-30-47(43)73-36-35-64/h7-17,22-28,30-32,37-38,44,48-52,64H,4-6,18-19,29,33-36H2,1-3H3,(H,60,70). The molecule has 4 aliphatic heterocycles. The minimum Gasteiger partial charge on any atom is -0.491 e. The van der Waals surface area contributed by atoms with E-state index in [0.717, 1.165) is 49.5 Å². The number of nitrogens with zero attached hydrogens (tertiary/aromatic N) is 3. The van der Waals surface area contributed by atoms with E-state index in [1.54, 1.807) is 47.4 Å². The SMILES string of the molecule is COC(=O)C(CC#Cc1ccc2c(c1)C1(C(=O)N2C(=O)NC(C)c2ccccc2)C(C(=O)N2CCCCCCC2)C2C(=O)OC(c3ccccc3)C(c3ccccc3)N2C1c1ccccc1OCCO)C(=O)OC. The lowest BCUT2D eigenvalue weighted by molar-refractivity contribution is -0.179. The van der Waals surface area contributed by atoms with Gasteiger partial charge in [0.1, 0.15) is 29.9 Å². The molecular formula is C59H60N4O11. The predicted molar refractivity (Wildman–Crippen MR) is 273 cm³/mol. The van der Waals surface area contributed by atoms with Gasteiger partial charge in [0.05, 0.1) is 50.6 Å². The number of likely N-dealkylation sites (tertiary alicyclic amines) is 1. The van der Waals surface area contributed by atoms with Gasteiger partial charge in [0.15, 0.2) is 5.92 Å². The third-order valence-corrected chi connectivity index (χ3v) is 14.8. The van der Waals surface area contributed by atoms with Crippen LogP contribution in [0.1, 0.15) is 103 Å². The van der Waals surface area contributed by atoms with Gasteiger partial charge in [-0.3, -0.25) is 28.9 Å². The number of para-hydroxylation sites is 1. The molecule has 9 rings (SSSR count). The van der Waals surface area contributed by atoms with E-state index in [-0.39, 0.29) is 36.6 Å². The number of anilines is 1. The number of hydrogen-bond acceptors (Lipinski definition) is 12.